The van der Waals surface area contributed by atoms with Crippen LogP contribution in [0, 0.1) is 0 Å². The van der Waals surface area contributed by atoms with Crippen LogP contribution < -0.4 is 0 Å². The molecule has 9 nitrogen and oxygen atoms in total. The van der Waals surface area contributed by atoms with E-state index in [1.807, 2.05) is 48.5 Å². The second-order valence-electron chi connectivity index (χ2n) is 6.75. The highest BCUT2D eigenvalue weighted by molar-refractivity contribution is 7.54. The smallest absolute Gasteiger partial charge is 0.430 e. The normalized spacial score (nSPS) is 16.0. The van der Waals surface area contributed by atoms with Crippen molar-refractivity contribution in [1.82, 2.24) is 10.0 Å². The van der Waals surface area contributed by atoms with E-state index in [0.717, 1.165) is 21.1 Å². The molecule has 1 aliphatic rings. The third-order valence-corrected chi connectivity index (χ3v) is 6.80. The van der Waals surface area contributed by atoms with Gasteiger partial charge in [0.05, 0.1) is 6.54 Å². The standard InChI is InChI=1S/C22H25N2O7P/c1-28-32(27,29-2)20-14-9-15-23(21(25)30-16-18-10-5-3-6-11-18)24(20)22(26)31-17-19-12-7-4-8-13-19/h3-14,20H,15-17H2,1-2H3. The first-order valence-electron chi connectivity index (χ1n) is 9.84. The minimum Gasteiger partial charge on any atom is -0.443 e. The van der Waals surface area contributed by atoms with Gasteiger partial charge in [0, 0.05) is 14.2 Å². The van der Waals surface area contributed by atoms with Gasteiger partial charge in [0.1, 0.15) is 13.2 Å². The molecule has 2 aromatic rings. The second kappa shape index (κ2) is 10.9. The molecule has 0 spiro atoms. The Balaban J connectivity index is 1.81. The molecule has 0 N–H and O–H groups in total. The second-order valence-corrected chi connectivity index (χ2v) is 9.09. The molecule has 170 valence electrons. The van der Waals surface area contributed by atoms with Crippen LogP contribution in [0.4, 0.5) is 9.59 Å². The summed E-state index contributed by atoms with van der Waals surface area (Å²) >= 11 is 0. The SMILES string of the molecule is COP(=O)(OC)C1C=CCN(C(=O)OCc2ccccc2)N1C(=O)OCc1ccccc1. The molecular formula is C22H25N2O7P. The van der Waals surface area contributed by atoms with Crippen LogP contribution >= 0.6 is 7.60 Å². The average Bonchev–Trinajstić information content (AvgIpc) is 2.86. The summed E-state index contributed by atoms with van der Waals surface area (Å²) < 4.78 is 34.0. The van der Waals surface area contributed by atoms with Gasteiger partial charge in [-0.15, -0.1) is 0 Å². The summed E-state index contributed by atoms with van der Waals surface area (Å²) in [5.74, 6) is -1.21. The lowest BCUT2D eigenvalue weighted by Crippen LogP contribution is -2.56. The summed E-state index contributed by atoms with van der Waals surface area (Å²) in [6, 6.07) is 18.2. The maximum atomic E-state index is 13.1. The number of nitrogens with zero attached hydrogens (tertiary/aromatic N) is 2. The Morgan fingerprint density at radius 1 is 0.875 bits per heavy atom. The minimum atomic E-state index is -3.83. The molecule has 2 amide bonds. The Morgan fingerprint density at radius 2 is 1.38 bits per heavy atom. The Hall–Kier alpha value is -3.13. The van der Waals surface area contributed by atoms with E-state index in [4.69, 9.17) is 18.5 Å². The number of hydrazine groups is 1. The first-order valence-corrected chi connectivity index (χ1v) is 11.5. The maximum Gasteiger partial charge on any atom is 0.430 e. The summed E-state index contributed by atoms with van der Waals surface area (Å²) in [5.41, 5.74) is 1.53. The van der Waals surface area contributed by atoms with Crippen LogP contribution in [0.1, 0.15) is 11.1 Å². The number of benzene rings is 2. The highest BCUT2D eigenvalue weighted by atomic mass is 31.2. The number of carbonyl (C=O) groups excluding carboxylic acids is 2. The molecule has 0 aromatic heterocycles. The van der Waals surface area contributed by atoms with Gasteiger partial charge < -0.3 is 18.5 Å². The van der Waals surface area contributed by atoms with Gasteiger partial charge in [-0.3, -0.25) is 4.57 Å². The zero-order valence-electron chi connectivity index (χ0n) is 17.8. The molecule has 0 aliphatic carbocycles. The first kappa shape index (κ1) is 23.5. The lowest BCUT2D eigenvalue weighted by atomic mass is 10.2. The van der Waals surface area contributed by atoms with Crippen molar-refractivity contribution >= 4 is 19.8 Å². The van der Waals surface area contributed by atoms with Gasteiger partial charge in [-0.1, -0.05) is 66.7 Å². The quantitative estimate of drug-likeness (QED) is 0.442. The summed E-state index contributed by atoms with van der Waals surface area (Å²) in [5, 5.41) is 1.94. The van der Waals surface area contributed by atoms with Gasteiger partial charge in [-0.2, -0.15) is 5.01 Å². The zero-order chi connectivity index (χ0) is 23.0. The van der Waals surface area contributed by atoms with Crippen LogP contribution in [0.2, 0.25) is 0 Å². The van der Waals surface area contributed by atoms with Gasteiger partial charge in [0.15, 0.2) is 5.78 Å². The van der Waals surface area contributed by atoms with E-state index in [2.05, 4.69) is 0 Å². The lowest BCUT2D eigenvalue weighted by molar-refractivity contribution is -0.0296. The summed E-state index contributed by atoms with van der Waals surface area (Å²) in [6.07, 6.45) is 1.37. The highest BCUT2D eigenvalue weighted by Crippen LogP contribution is 2.54. The van der Waals surface area contributed by atoms with Crippen LogP contribution in [0.5, 0.6) is 0 Å². The Kier molecular flexibility index (Phi) is 8.05. The van der Waals surface area contributed by atoms with E-state index in [0.29, 0.717) is 0 Å². The van der Waals surface area contributed by atoms with Crippen LogP contribution in [0.15, 0.2) is 72.8 Å². The van der Waals surface area contributed by atoms with E-state index < -0.39 is 25.6 Å². The van der Waals surface area contributed by atoms with Crippen LogP contribution in [-0.2, 0) is 36.3 Å². The predicted octanol–water partition coefficient (Wildman–Crippen LogP) is 4.56. The predicted molar refractivity (Wildman–Crippen MR) is 116 cm³/mol. The van der Waals surface area contributed by atoms with Gasteiger partial charge in [0.25, 0.3) is 0 Å². The largest absolute Gasteiger partial charge is 0.443 e. The van der Waals surface area contributed by atoms with Gasteiger partial charge in [-0.25, -0.2) is 14.6 Å². The first-order chi connectivity index (χ1) is 15.5. The van der Waals surface area contributed by atoms with Crippen molar-refractivity contribution in [3.8, 4) is 0 Å². The molecule has 0 saturated carbocycles. The van der Waals surface area contributed by atoms with Crippen molar-refractivity contribution in [3.63, 3.8) is 0 Å². The molecular weight excluding hydrogens is 435 g/mol. The summed E-state index contributed by atoms with van der Waals surface area (Å²) in [6.45, 7) is -0.0224. The molecule has 1 heterocycles. The van der Waals surface area contributed by atoms with Crippen LogP contribution in [0.25, 0.3) is 0 Å². The van der Waals surface area contributed by atoms with Crippen molar-refractivity contribution < 1.29 is 32.7 Å². The third-order valence-electron chi connectivity index (χ3n) is 4.74. The number of hydrogen-bond donors (Lipinski definition) is 0. The third kappa shape index (κ3) is 5.56. The van der Waals surface area contributed by atoms with Gasteiger partial charge >= 0.3 is 19.8 Å². The molecule has 0 radical (unpaired) electrons. The number of hydrogen-bond acceptors (Lipinski definition) is 7. The van der Waals surface area contributed by atoms with E-state index in [1.54, 1.807) is 18.2 Å². The summed E-state index contributed by atoms with van der Waals surface area (Å²) in [4.78, 5) is 25.9. The highest BCUT2D eigenvalue weighted by Gasteiger charge is 2.46. The Labute approximate surface area is 186 Å². The topological polar surface area (TPSA) is 94.6 Å². The monoisotopic (exact) mass is 460 g/mol. The molecule has 1 unspecified atom stereocenters. The van der Waals surface area contributed by atoms with Gasteiger partial charge in [0.2, 0.25) is 0 Å². The van der Waals surface area contributed by atoms with Crippen molar-refractivity contribution in [2.75, 3.05) is 20.8 Å². The fraction of sp³-hybridized carbons (Fsp3) is 0.273. The van der Waals surface area contributed by atoms with Gasteiger partial charge in [-0.05, 0) is 17.2 Å². The molecule has 3 rings (SSSR count). The Morgan fingerprint density at radius 3 is 1.88 bits per heavy atom. The summed E-state index contributed by atoms with van der Waals surface area (Å²) in [7, 11) is -1.41. The Bertz CT molecular complexity index is 976. The maximum absolute atomic E-state index is 13.1. The molecule has 32 heavy (non-hydrogen) atoms. The van der Waals surface area contributed by atoms with Crippen molar-refractivity contribution in [3.05, 3.63) is 83.9 Å². The van der Waals surface area contributed by atoms with E-state index in [-0.39, 0.29) is 19.8 Å². The fourth-order valence-corrected chi connectivity index (χ4v) is 4.47. The zero-order valence-corrected chi connectivity index (χ0v) is 18.7. The van der Waals surface area contributed by atoms with E-state index in [1.165, 1.54) is 20.3 Å². The van der Waals surface area contributed by atoms with E-state index in [9.17, 15) is 14.2 Å². The van der Waals surface area contributed by atoms with Crippen molar-refractivity contribution in [1.29, 1.82) is 0 Å². The molecule has 0 bridgehead atoms. The molecule has 0 fully saturated rings. The number of carbonyl (C=O) groups is 2. The van der Waals surface area contributed by atoms with Crippen LogP contribution in [-0.4, -0.2) is 48.8 Å². The van der Waals surface area contributed by atoms with E-state index >= 15 is 0 Å². The molecule has 0 saturated heterocycles. The molecule has 1 atom stereocenters. The van der Waals surface area contributed by atoms with Crippen molar-refractivity contribution in [2.24, 2.45) is 0 Å². The molecule has 2 aromatic carbocycles. The number of ether oxygens (including phenoxy) is 2. The number of amides is 2. The molecule has 10 heteroatoms. The number of rotatable bonds is 7. The van der Waals surface area contributed by atoms with Crippen molar-refractivity contribution in [2.45, 2.75) is 19.0 Å². The minimum absolute atomic E-state index is 0.00364. The average molecular weight is 460 g/mol. The molecule has 1 aliphatic heterocycles. The fourth-order valence-electron chi connectivity index (χ4n) is 3.07. The lowest BCUT2D eigenvalue weighted by Gasteiger charge is -2.40. The van der Waals surface area contributed by atoms with Crippen LogP contribution in [0.3, 0.4) is 0 Å².